The molecule has 2 aliphatic rings. The van der Waals surface area contributed by atoms with Crippen molar-refractivity contribution in [2.75, 3.05) is 0 Å². The Balaban J connectivity index is 1.42. The van der Waals surface area contributed by atoms with Gasteiger partial charge in [-0.1, -0.05) is 176 Å². The van der Waals surface area contributed by atoms with Crippen molar-refractivity contribution in [2.45, 2.75) is 167 Å². The first-order valence-corrected chi connectivity index (χ1v) is 21.5. The molecule has 0 bridgehead atoms. The Labute approximate surface area is 321 Å². The zero-order chi connectivity index (χ0) is 37.4. The maximum Gasteiger partial charge on any atom is 0.303 e. The van der Waals surface area contributed by atoms with Gasteiger partial charge >= 0.3 is 5.97 Å². The number of aryl methyl sites for hydroxylation is 2. The van der Waals surface area contributed by atoms with E-state index >= 15 is 0 Å². The zero-order valence-corrected chi connectivity index (χ0v) is 33.7. The van der Waals surface area contributed by atoms with Crippen LogP contribution in [0, 0.1) is 13.8 Å². The monoisotopic (exact) mass is 711 g/mol. The Kier molecular flexibility index (Phi) is 13.0. The number of aliphatic carboxylic acids is 1. The van der Waals surface area contributed by atoms with Crippen molar-refractivity contribution >= 4 is 5.97 Å². The summed E-state index contributed by atoms with van der Waals surface area (Å²) in [6, 6.07) is 28.9. The van der Waals surface area contributed by atoms with Gasteiger partial charge in [-0.25, -0.2) is 0 Å². The maximum atomic E-state index is 11.7. The summed E-state index contributed by atoms with van der Waals surface area (Å²) in [5.41, 5.74) is 16.6. The molecule has 0 amide bonds. The Hall–Kier alpha value is -3.65. The van der Waals surface area contributed by atoms with Crippen LogP contribution < -0.4 is 0 Å². The van der Waals surface area contributed by atoms with E-state index in [1.54, 1.807) is 11.1 Å². The van der Waals surface area contributed by atoms with Crippen LogP contribution in [-0.2, 0) is 15.6 Å². The van der Waals surface area contributed by atoms with Crippen LogP contribution in [0.3, 0.4) is 0 Å². The third-order valence-corrected chi connectivity index (χ3v) is 13.0. The molecule has 0 fully saturated rings. The fourth-order valence-corrected chi connectivity index (χ4v) is 10.3. The zero-order valence-electron chi connectivity index (χ0n) is 33.7. The Morgan fingerprint density at radius 3 is 1.26 bits per heavy atom. The highest BCUT2D eigenvalue weighted by molar-refractivity contribution is 5.87. The summed E-state index contributed by atoms with van der Waals surface area (Å²) in [5.74, 6) is -0.701. The predicted molar refractivity (Wildman–Crippen MR) is 226 cm³/mol. The summed E-state index contributed by atoms with van der Waals surface area (Å²) in [5, 5.41) is 9.63. The lowest BCUT2D eigenvalue weighted by atomic mass is 9.69. The van der Waals surface area contributed by atoms with Crippen LogP contribution in [0.1, 0.15) is 176 Å². The van der Waals surface area contributed by atoms with E-state index in [-0.39, 0.29) is 17.3 Å². The molecule has 0 spiro atoms. The van der Waals surface area contributed by atoms with Crippen LogP contribution in [0.15, 0.2) is 72.8 Å². The van der Waals surface area contributed by atoms with Crippen LogP contribution in [0.5, 0.6) is 0 Å². The SMILES string of the molecule is CCCCCCCCC1(CCCCCCCC)c2cc(C)ccc2-c2ccc(-c3ccc4c(c3)C(CCC)(CCCC(=O)O)c3cc(C)ccc3-4)cc21. The molecule has 2 aliphatic carbocycles. The molecule has 2 nitrogen and oxygen atoms in total. The van der Waals surface area contributed by atoms with Crippen LogP contribution in [0.4, 0.5) is 0 Å². The predicted octanol–water partition coefficient (Wildman–Crippen LogP) is 15.1. The lowest BCUT2D eigenvalue weighted by molar-refractivity contribution is -0.137. The van der Waals surface area contributed by atoms with Crippen molar-refractivity contribution in [3.63, 3.8) is 0 Å². The fourth-order valence-electron chi connectivity index (χ4n) is 10.3. The van der Waals surface area contributed by atoms with Gasteiger partial charge in [0.15, 0.2) is 0 Å². The quantitative estimate of drug-likeness (QED) is 0.0874. The number of fused-ring (bicyclic) bond motifs is 6. The van der Waals surface area contributed by atoms with Gasteiger partial charge in [0.05, 0.1) is 0 Å². The van der Waals surface area contributed by atoms with Crippen molar-refractivity contribution in [2.24, 2.45) is 0 Å². The molecule has 2 heteroatoms. The van der Waals surface area contributed by atoms with E-state index in [2.05, 4.69) is 107 Å². The van der Waals surface area contributed by atoms with E-state index in [4.69, 9.17) is 0 Å². The number of carboxylic acid groups (broad SMARTS) is 1. The molecule has 1 N–H and O–H groups in total. The molecule has 1 unspecified atom stereocenters. The van der Waals surface area contributed by atoms with Crippen molar-refractivity contribution in [3.05, 3.63) is 106 Å². The normalized spacial score (nSPS) is 16.3. The standard InChI is InChI=1S/C51H66O2/c1-6-9-11-13-15-17-30-51(31-18-16-14-12-10-7-2)46-34-38(5)22-26-42(46)44-28-24-40(36-48(44)51)39-23-27-43-41-25-21-37(4)33-45(41)50(29-8-3,47(43)35-39)32-19-20-49(52)53/h21-28,33-36H,6-20,29-32H2,1-5H3,(H,52,53). The largest absolute Gasteiger partial charge is 0.481 e. The minimum Gasteiger partial charge on any atom is -0.481 e. The third-order valence-electron chi connectivity index (χ3n) is 13.0. The molecule has 4 aromatic carbocycles. The van der Waals surface area contributed by atoms with E-state index in [0.717, 1.165) is 19.3 Å². The van der Waals surface area contributed by atoms with E-state index in [0.29, 0.717) is 6.42 Å². The summed E-state index contributed by atoms with van der Waals surface area (Å²) in [4.78, 5) is 11.7. The number of carbonyl (C=O) groups is 1. The second-order valence-corrected chi connectivity index (χ2v) is 16.8. The molecule has 0 saturated carbocycles. The van der Waals surface area contributed by atoms with Crippen molar-refractivity contribution < 1.29 is 9.90 Å². The van der Waals surface area contributed by atoms with Gasteiger partial charge in [0, 0.05) is 17.3 Å². The highest BCUT2D eigenvalue weighted by Gasteiger charge is 2.44. The summed E-state index contributed by atoms with van der Waals surface area (Å²) >= 11 is 0. The van der Waals surface area contributed by atoms with Crippen molar-refractivity contribution in [1.82, 2.24) is 0 Å². The second kappa shape index (κ2) is 17.7. The first kappa shape index (κ1) is 39.1. The molecular weight excluding hydrogens is 645 g/mol. The van der Waals surface area contributed by atoms with Crippen LogP contribution in [-0.4, -0.2) is 11.1 Å². The molecule has 0 aliphatic heterocycles. The highest BCUT2D eigenvalue weighted by atomic mass is 16.4. The average molecular weight is 711 g/mol. The average Bonchev–Trinajstić information content (AvgIpc) is 3.56. The molecule has 6 rings (SSSR count). The Bertz CT molecular complexity index is 1850. The summed E-state index contributed by atoms with van der Waals surface area (Å²) in [7, 11) is 0. The minimum atomic E-state index is -0.701. The van der Waals surface area contributed by atoms with Crippen LogP contribution >= 0.6 is 0 Å². The minimum absolute atomic E-state index is 0.0511. The lowest BCUT2D eigenvalue weighted by Crippen LogP contribution is -2.26. The Morgan fingerprint density at radius 1 is 0.453 bits per heavy atom. The van der Waals surface area contributed by atoms with E-state index in [1.165, 1.54) is 146 Å². The fraction of sp³-hybridized carbons (Fsp3) is 0.510. The number of benzene rings is 4. The van der Waals surface area contributed by atoms with Crippen molar-refractivity contribution in [3.8, 4) is 33.4 Å². The van der Waals surface area contributed by atoms with Gasteiger partial charge in [0.1, 0.15) is 0 Å². The highest BCUT2D eigenvalue weighted by Crippen LogP contribution is 2.57. The summed E-state index contributed by atoms with van der Waals surface area (Å²) < 4.78 is 0. The summed E-state index contributed by atoms with van der Waals surface area (Å²) in [6.45, 7) is 11.4. The second-order valence-electron chi connectivity index (χ2n) is 16.8. The number of carboxylic acids is 1. The van der Waals surface area contributed by atoms with Crippen molar-refractivity contribution in [1.29, 1.82) is 0 Å². The van der Waals surface area contributed by atoms with Crippen LogP contribution in [0.2, 0.25) is 0 Å². The summed E-state index contributed by atoms with van der Waals surface area (Å²) in [6.07, 6.45) is 22.2. The smallest absolute Gasteiger partial charge is 0.303 e. The van der Waals surface area contributed by atoms with Gasteiger partial charge in [-0.3, -0.25) is 4.79 Å². The van der Waals surface area contributed by atoms with Gasteiger partial charge in [0.25, 0.3) is 0 Å². The maximum absolute atomic E-state index is 11.7. The number of hydrogen-bond acceptors (Lipinski definition) is 1. The van der Waals surface area contributed by atoms with Gasteiger partial charge in [0.2, 0.25) is 0 Å². The molecule has 1 atom stereocenters. The molecule has 0 saturated heterocycles. The van der Waals surface area contributed by atoms with E-state index in [1.807, 2.05) is 0 Å². The number of unbranched alkanes of at least 4 members (excludes halogenated alkanes) is 10. The first-order chi connectivity index (χ1) is 25.8. The van der Waals surface area contributed by atoms with Gasteiger partial charge in [-0.15, -0.1) is 0 Å². The van der Waals surface area contributed by atoms with Gasteiger partial charge in [-0.05, 0) is 114 Å². The van der Waals surface area contributed by atoms with E-state index in [9.17, 15) is 9.90 Å². The van der Waals surface area contributed by atoms with Gasteiger partial charge in [-0.2, -0.15) is 0 Å². The first-order valence-electron chi connectivity index (χ1n) is 21.5. The molecule has 4 aromatic rings. The number of rotatable bonds is 21. The van der Waals surface area contributed by atoms with E-state index < -0.39 is 5.97 Å². The molecule has 282 valence electrons. The number of hydrogen-bond donors (Lipinski definition) is 1. The molecule has 0 aromatic heterocycles. The Morgan fingerprint density at radius 2 is 0.830 bits per heavy atom. The lowest BCUT2D eigenvalue weighted by Gasteiger charge is -2.34. The van der Waals surface area contributed by atoms with Crippen LogP contribution in [0.25, 0.3) is 33.4 Å². The molecule has 0 radical (unpaired) electrons. The molecule has 0 heterocycles. The molecule has 53 heavy (non-hydrogen) atoms. The van der Waals surface area contributed by atoms with Gasteiger partial charge < -0.3 is 5.11 Å². The third kappa shape index (κ3) is 8.08. The molecular formula is C51H66O2. The topological polar surface area (TPSA) is 37.3 Å².